The van der Waals surface area contributed by atoms with E-state index in [2.05, 4.69) is 38.8 Å². The molecule has 144 valence electrons. The molecule has 0 aliphatic carbocycles. The van der Waals surface area contributed by atoms with Gasteiger partial charge in [-0.2, -0.15) is 0 Å². The Morgan fingerprint density at radius 3 is 2.82 bits per heavy atom. The highest BCUT2D eigenvalue weighted by Crippen LogP contribution is 2.17. The Kier molecular flexibility index (Phi) is 5.74. The van der Waals surface area contributed by atoms with Crippen LogP contribution in [0.1, 0.15) is 42.6 Å². The molecule has 6 nitrogen and oxygen atoms in total. The second-order valence-electron chi connectivity index (χ2n) is 6.85. The Morgan fingerprint density at radius 2 is 2.04 bits per heavy atom. The van der Waals surface area contributed by atoms with E-state index in [0.717, 1.165) is 55.2 Å². The maximum atomic E-state index is 6.02. The number of aryl methyl sites for hydroxylation is 1. The highest BCUT2D eigenvalue weighted by Gasteiger charge is 2.14. The van der Waals surface area contributed by atoms with Crippen LogP contribution in [0.3, 0.4) is 0 Å². The Balaban J connectivity index is 1.37. The topological polar surface area (TPSA) is 65.1 Å². The third-order valence-corrected chi connectivity index (χ3v) is 4.78. The van der Waals surface area contributed by atoms with Crippen molar-refractivity contribution in [3.8, 4) is 17.6 Å². The minimum atomic E-state index is 0.300. The van der Waals surface area contributed by atoms with Crippen molar-refractivity contribution in [2.75, 3.05) is 13.1 Å². The summed E-state index contributed by atoms with van der Waals surface area (Å²) in [6, 6.07) is 9.77. The molecule has 1 N–H and O–H groups in total. The van der Waals surface area contributed by atoms with Crippen LogP contribution in [0.5, 0.6) is 5.75 Å². The average molecular weight is 376 g/mol. The Bertz CT molecular complexity index is 956. The first-order chi connectivity index (χ1) is 13.8. The van der Waals surface area contributed by atoms with Gasteiger partial charge in [0.05, 0.1) is 6.54 Å². The van der Waals surface area contributed by atoms with E-state index < -0.39 is 0 Å². The molecule has 1 saturated heterocycles. The minimum absolute atomic E-state index is 0.300. The van der Waals surface area contributed by atoms with Gasteiger partial charge in [-0.1, -0.05) is 18.0 Å². The van der Waals surface area contributed by atoms with Crippen LogP contribution in [0, 0.1) is 11.8 Å². The number of ether oxygens (including phenoxy) is 1. The number of rotatable bonds is 5. The zero-order chi connectivity index (χ0) is 19.2. The molecule has 0 saturated carbocycles. The van der Waals surface area contributed by atoms with E-state index in [1.165, 1.54) is 0 Å². The van der Waals surface area contributed by atoms with Crippen LogP contribution in [-0.4, -0.2) is 33.9 Å². The quantitative estimate of drug-likeness (QED) is 0.694. The van der Waals surface area contributed by atoms with Gasteiger partial charge < -0.3 is 19.1 Å². The number of hydrogen-bond acceptors (Lipinski definition) is 5. The first kappa shape index (κ1) is 18.3. The van der Waals surface area contributed by atoms with Crippen molar-refractivity contribution in [1.29, 1.82) is 0 Å². The standard InChI is InChI=1S/C22H24N4O2/c1-2-22-24-13-14-26(22)16-18-15-21(28-25-18)8-5-17-3-6-19(7-4-17)27-20-9-11-23-12-10-20/h3-4,6-7,13-15,20,23H,2,9-12,16H2,1H3. The van der Waals surface area contributed by atoms with Crippen molar-refractivity contribution in [2.45, 2.75) is 38.8 Å². The monoisotopic (exact) mass is 376 g/mol. The van der Waals surface area contributed by atoms with E-state index in [1.54, 1.807) is 6.20 Å². The first-order valence-electron chi connectivity index (χ1n) is 9.75. The van der Waals surface area contributed by atoms with Gasteiger partial charge in [0.2, 0.25) is 5.76 Å². The summed E-state index contributed by atoms with van der Waals surface area (Å²) in [6.45, 7) is 4.76. The number of nitrogens with one attached hydrogen (secondary N) is 1. The first-order valence-corrected chi connectivity index (χ1v) is 9.75. The number of aromatic nitrogens is 3. The molecule has 1 aliphatic rings. The lowest BCUT2D eigenvalue weighted by Crippen LogP contribution is -2.34. The van der Waals surface area contributed by atoms with Gasteiger partial charge in [-0.05, 0) is 56.1 Å². The van der Waals surface area contributed by atoms with Gasteiger partial charge in [0.25, 0.3) is 0 Å². The zero-order valence-electron chi connectivity index (χ0n) is 16.0. The number of hydrogen-bond donors (Lipinski definition) is 1. The summed E-state index contributed by atoms with van der Waals surface area (Å²) in [4.78, 5) is 4.32. The van der Waals surface area contributed by atoms with Gasteiger partial charge >= 0.3 is 0 Å². The highest BCUT2D eigenvalue weighted by atomic mass is 16.5. The molecular formula is C22H24N4O2. The van der Waals surface area contributed by atoms with Crippen LogP contribution in [0.4, 0.5) is 0 Å². The fraction of sp³-hybridized carbons (Fsp3) is 0.364. The molecule has 6 heteroatoms. The molecule has 0 bridgehead atoms. The summed E-state index contributed by atoms with van der Waals surface area (Å²) in [5.74, 6) is 8.64. The second-order valence-corrected chi connectivity index (χ2v) is 6.85. The van der Waals surface area contributed by atoms with E-state index in [0.29, 0.717) is 18.4 Å². The maximum absolute atomic E-state index is 6.02. The molecule has 1 fully saturated rings. The Hall–Kier alpha value is -3.04. The number of nitrogens with zero attached hydrogens (tertiary/aromatic N) is 3. The lowest BCUT2D eigenvalue weighted by molar-refractivity contribution is 0.162. The summed E-state index contributed by atoms with van der Waals surface area (Å²) in [7, 11) is 0. The largest absolute Gasteiger partial charge is 0.490 e. The van der Waals surface area contributed by atoms with Gasteiger partial charge in [-0.25, -0.2) is 4.98 Å². The van der Waals surface area contributed by atoms with E-state index in [1.807, 2.05) is 36.5 Å². The molecule has 2 aromatic heterocycles. The fourth-order valence-electron chi connectivity index (χ4n) is 3.27. The third-order valence-electron chi connectivity index (χ3n) is 4.78. The molecule has 28 heavy (non-hydrogen) atoms. The van der Waals surface area contributed by atoms with Crippen molar-refractivity contribution in [3.63, 3.8) is 0 Å². The second kappa shape index (κ2) is 8.77. The van der Waals surface area contributed by atoms with Crippen LogP contribution in [0.2, 0.25) is 0 Å². The number of benzene rings is 1. The summed E-state index contributed by atoms with van der Waals surface area (Å²) in [5.41, 5.74) is 1.75. The predicted molar refractivity (Wildman–Crippen MR) is 106 cm³/mol. The number of piperidine rings is 1. The van der Waals surface area contributed by atoms with Crippen LogP contribution in [-0.2, 0) is 13.0 Å². The molecule has 0 unspecified atom stereocenters. The Morgan fingerprint density at radius 1 is 1.21 bits per heavy atom. The van der Waals surface area contributed by atoms with E-state index in [9.17, 15) is 0 Å². The highest BCUT2D eigenvalue weighted by molar-refractivity contribution is 5.41. The zero-order valence-corrected chi connectivity index (χ0v) is 16.0. The molecule has 4 rings (SSSR count). The third kappa shape index (κ3) is 4.62. The maximum Gasteiger partial charge on any atom is 0.210 e. The van der Waals surface area contributed by atoms with Gasteiger partial charge in [0.1, 0.15) is 23.4 Å². The normalized spacial score (nSPS) is 14.5. The SMILES string of the molecule is CCc1nccn1Cc1cc(C#Cc2ccc(OC3CCNCC3)cc2)on1. The lowest BCUT2D eigenvalue weighted by atomic mass is 10.1. The lowest BCUT2D eigenvalue weighted by Gasteiger charge is -2.23. The van der Waals surface area contributed by atoms with E-state index in [4.69, 9.17) is 9.26 Å². The van der Waals surface area contributed by atoms with Crippen LogP contribution >= 0.6 is 0 Å². The predicted octanol–water partition coefficient (Wildman–Crippen LogP) is 3.01. The van der Waals surface area contributed by atoms with Crippen molar-refractivity contribution in [2.24, 2.45) is 0 Å². The van der Waals surface area contributed by atoms with E-state index >= 15 is 0 Å². The smallest absolute Gasteiger partial charge is 0.210 e. The van der Waals surface area contributed by atoms with Gasteiger partial charge in [0, 0.05) is 30.4 Å². The summed E-state index contributed by atoms with van der Waals surface area (Å²) < 4.78 is 13.4. The van der Waals surface area contributed by atoms with Gasteiger partial charge in [-0.3, -0.25) is 0 Å². The van der Waals surface area contributed by atoms with Crippen molar-refractivity contribution < 1.29 is 9.26 Å². The van der Waals surface area contributed by atoms with Crippen molar-refractivity contribution in [3.05, 3.63) is 65.6 Å². The van der Waals surface area contributed by atoms with Crippen LogP contribution < -0.4 is 10.1 Å². The average Bonchev–Trinajstić information content (AvgIpc) is 3.38. The minimum Gasteiger partial charge on any atom is -0.490 e. The fourth-order valence-corrected chi connectivity index (χ4v) is 3.27. The molecular weight excluding hydrogens is 352 g/mol. The van der Waals surface area contributed by atoms with Crippen molar-refractivity contribution in [1.82, 2.24) is 20.0 Å². The van der Waals surface area contributed by atoms with Gasteiger partial charge in [0.15, 0.2) is 0 Å². The van der Waals surface area contributed by atoms with E-state index in [-0.39, 0.29) is 0 Å². The summed E-state index contributed by atoms with van der Waals surface area (Å²) >= 11 is 0. The molecule has 0 spiro atoms. The molecule has 1 aliphatic heterocycles. The summed E-state index contributed by atoms with van der Waals surface area (Å²) in [5, 5.41) is 7.45. The van der Waals surface area contributed by atoms with Crippen molar-refractivity contribution >= 4 is 0 Å². The molecule has 0 amide bonds. The molecule has 3 aromatic rings. The molecule has 0 radical (unpaired) electrons. The Labute approximate surface area is 164 Å². The number of imidazole rings is 1. The van der Waals surface area contributed by atoms with Gasteiger partial charge in [-0.15, -0.1) is 0 Å². The molecule has 3 heterocycles. The molecule has 0 atom stereocenters. The summed E-state index contributed by atoms with van der Waals surface area (Å²) in [6.07, 6.45) is 7.04. The van der Waals surface area contributed by atoms with Crippen LogP contribution in [0.15, 0.2) is 47.2 Å². The molecule has 1 aromatic carbocycles. The van der Waals surface area contributed by atoms with Crippen LogP contribution in [0.25, 0.3) is 0 Å².